The van der Waals surface area contributed by atoms with Crippen LogP contribution in [0.5, 0.6) is 0 Å². The topological polar surface area (TPSA) is 56.1 Å². The second-order valence-corrected chi connectivity index (χ2v) is 7.59. The molecule has 3 aromatic rings. The minimum absolute atomic E-state index is 0.111. The second kappa shape index (κ2) is 7.39. The molecule has 2 aliphatic heterocycles. The molecule has 0 bridgehead atoms. The molecule has 5 rings (SSSR count). The number of alkyl halides is 3. The van der Waals surface area contributed by atoms with E-state index in [0.29, 0.717) is 17.1 Å². The van der Waals surface area contributed by atoms with Crippen LogP contribution in [-0.4, -0.2) is 32.8 Å². The van der Waals surface area contributed by atoms with Gasteiger partial charge in [-0.05, 0) is 43.2 Å². The average molecular weight is 415 g/mol. The maximum absolute atomic E-state index is 13.2. The molecule has 1 fully saturated rings. The van der Waals surface area contributed by atoms with E-state index in [9.17, 15) is 13.2 Å². The smallest absolute Gasteiger partial charge is 0.369 e. The molecule has 2 aliphatic rings. The van der Waals surface area contributed by atoms with Crippen LogP contribution < -0.4 is 4.90 Å². The lowest BCUT2D eigenvalue weighted by atomic mass is 9.95. The number of hydrogen-bond acceptors (Lipinski definition) is 5. The molecule has 30 heavy (non-hydrogen) atoms. The number of anilines is 1. The maximum atomic E-state index is 13.2. The van der Waals surface area contributed by atoms with E-state index < -0.39 is 11.7 Å². The molecule has 0 aliphatic carbocycles. The molecule has 0 N–H and O–H groups in total. The Morgan fingerprint density at radius 1 is 1.00 bits per heavy atom. The van der Waals surface area contributed by atoms with E-state index in [1.54, 1.807) is 6.20 Å². The molecule has 0 amide bonds. The molecule has 9 heteroatoms. The number of piperidine rings is 1. The van der Waals surface area contributed by atoms with E-state index >= 15 is 0 Å². The van der Waals surface area contributed by atoms with Crippen molar-refractivity contribution in [3.05, 3.63) is 65.4 Å². The highest BCUT2D eigenvalue weighted by atomic mass is 19.4. The van der Waals surface area contributed by atoms with E-state index in [-0.39, 0.29) is 19.1 Å². The molecular weight excluding hydrogens is 395 g/mol. The van der Waals surface area contributed by atoms with Crippen LogP contribution in [0.4, 0.5) is 19.0 Å². The Morgan fingerprint density at radius 3 is 2.57 bits per heavy atom. The number of hydrogen-bond donors (Lipinski definition) is 0. The van der Waals surface area contributed by atoms with Crippen molar-refractivity contribution in [2.24, 2.45) is 0 Å². The van der Waals surface area contributed by atoms with E-state index in [4.69, 9.17) is 4.74 Å². The zero-order valence-corrected chi connectivity index (χ0v) is 16.1. The van der Waals surface area contributed by atoms with Gasteiger partial charge < -0.3 is 9.64 Å². The van der Waals surface area contributed by atoms with Crippen molar-refractivity contribution in [1.82, 2.24) is 19.7 Å². The van der Waals surface area contributed by atoms with Gasteiger partial charge in [-0.25, -0.2) is 4.98 Å². The molecule has 0 unspecified atom stereocenters. The van der Waals surface area contributed by atoms with Crippen LogP contribution in [0.3, 0.4) is 0 Å². The summed E-state index contributed by atoms with van der Waals surface area (Å²) in [5.41, 5.74) is 0.491. The molecule has 4 heterocycles. The van der Waals surface area contributed by atoms with Crippen LogP contribution in [0.1, 0.15) is 41.5 Å². The molecule has 6 nitrogen and oxygen atoms in total. The summed E-state index contributed by atoms with van der Waals surface area (Å²) in [6.07, 6.45) is -0.874. The first-order chi connectivity index (χ1) is 14.5. The summed E-state index contributed by atoms with van der Waals surface area (Å²) < 4.78 is 47.0. The Kier molecular flexibility index (Phi) is 4.69. The van der Waals surface area contributed by atoms with Crippen molar-refractivity contribution in [2.75, 3.05) is 18.0 Å². The molecule has 1 aromatic carbocycles. The van der Waals surface area contributed by atoms with Gasteiger partial charge in [-0.3, -0.25) is 4.57 Å². The fraction of sp³-hybridized carbons (Fsp3) is 0.381. The predicted octanol–water partition coefficient (Wildman–Crippen LogP) is 4.10. The van der Waals surface area contributed by atoms with Gasteiger partial charge in [0.15, 0.2) is 5.82 Å². The summed E-state index contributed by atoms with van der Waals surface area (Å²) in [4.78, 5) is 6.65. The number of benzene rings is 1. The second-order valence-electron chi connectivity index (χ2n) is 7.59. The molecule has 0 radical (unpaired) electrons. The minimum atomic E-state index is -4.39. The summed E-state index contributed by atoms with van der Waals surface area (Å²) >= 11 is 0. The number of rotatable bonds is 2. The summed E-state index contributed by atoms with van der Waals surface area (Å²) in [7, 11) is 0. The Labute approximate surface area is 171 Å². The number of aromatic nitrogens is 4. The van der Waals surface area contributed by atoms with Crippen LogP contribution in [-0.2, 0) is 24.1 Å². The minimum Gasteiger partial charge on any atom is -0.369 e. The Hall–Kier alpha value is -2.94. The van der Waals surface area contributed by atoms with E-state index in [1.807, 2.05) is 22.8 Å². The lowest BCUT2D eigenvalue weighted by Gasteiger charge is -2.32. The Balaban J connectivity index is 1.44. The number of halogens is 3. The van der Waals surface area contributed by atoms with Crippen molar-refractivity contribution in [3.63, 3.8) is 0 Å². The summed E-state index contributed by atoms with van der Waals surface area (Å²) in [5.74, 6) is 2.53. The lowest BCUT2D eigenvalue weighted by Crippen LogP contribution is -2.34. The van der Waals surface area contributed by atoms with Crippen LogP contribution in [0.25, 0.3) is 5.69 Å². The molecule has 156 valence electrons. The third kappa shape index (κ3) is 3.43. The molecule has 0 saturated carbocycles. The van der Waals surface area contributed by atoms with Gasteiger partial charge in [-0.1, -0.05) is 6.07 Å². The quantitative estimate of drug-likeness (QED) is 0.631. The first-order valence-corrected chi connectivity index (χ1v) is 9.89. The Morgan fingerprint density at radius 2 is 1.83 bits per heavy atom. The van der Waals surface area contributed by atoms with E-state index in [0.717, 1.165) is 49.7 Å². The highest BCUT2D eigenvalue weighted by Gasteiger charge is 2.33. The van der Waals surface area contributed by atoms with Crippen LogP contribution in [0.15, 0.2) is 42.6 Å². The standard InChI is InChI=1S/C21H20F3N5O/c22-21(23,24)16-4-5-17-15(11-16)12-30-13-19-26-27-20(29(17)19)14-6-9-28(10-7-14)18-3-1-2-8-25-18/h1-5,8,11,14H,6-7,9-10,12-13H2. The third-order valence-corrected chi connectivity index (χ3v) is 5.72. The van der Waals surface area contributed by atoms with E-state index in [1.165, 1.54) is 6.07 Å². The van der Waals surface area contributed by atoms with Crippen LogP contribution in [0.2, 0.25) is 0 Å². The van der Waals surface area contributed by atoms with Gasteiger partial charge in [-0.15, -0.1) is 10.2 Å². The van der Waals surface area contributed by atoms with Gasteiger partial charge in [0, 0.05) is 30.8 Å². The van der Waals surface area contributed by atoms with Crippen molar-refractivity contribution >= 4 is 5.82 Å². The normalized spacial score (nSPS) is 17.4. The third-order valence-electron chi connectivity index (χ3n) is 5.72. The van der Waals surface area contributed by atoms with Gasteiger partial charge in [-0.2, -0.15) is 13.2 Å². The molecule has 2 aromatic heterocycles. The average Bonchev–Trinajstić information content (AvgIpc) is 3.09. The van der Waals surface area contributed by atoms with Gasteiger partial charge in [0.25, 0.3) is 0 Å². The van der Waals surface area contributed by atoms with Gasteiger partial charge >= 0.3 is 6.18 Å². The molecular formula is C21H20F3N5O. The number of ether oxygens (including phenoxy) is 1. The van der Waals surface area contributed by atoms with Gasteiger partial charge in [0.2, 0.25) is 0 Å². The zero-order valence-electron chi connectivity index (χ0n) is 16.1. The first-order valence-electron chi connectivity index (χ1n) is 9.89. The molecule has 0 atom stereocenters. The summed E-state index contributed by atoms with van der Waals surface area (Å²) in [6, 6.07) is 9.64. The Bertz CT molecular complexity index is 1040. The monoisotopic (exact) mass is 415 g/mol. The predicted molar refractivity (Wildman–Crippen MR) is 103 cm³/mol. The van der Waals surface area contributed by atoms with Crippen molar-refractivity contribution in [2.45, 2.75) is 38.1 Å². The molecule has 1 saturated heterocycles. The van der Waals surface area contributed by atoms with Crippen molar-refractivity contribution in [3.8, 4) is 5.69 Å². The SMILES string of the molecule is FC(F)(F)c1ccc2c(c1)COCc1nnc(C3CCN(c4ccccn4)CC3)n1-2. The van der Waals surface area contributed by atoms with E-state index in [2.05, 4.69) is 20.1 Å². The highest BCUT2D eigenvalue weighted by Crippen LogP contribution is 2.36. The molecule has 0 spiro atoms. The van der Waals surface area contributed by atoms with Crippen LogP contribution in [0, 0.1) is 0 Å². The first kappa shape index (κ1) is 19.0. The van der Waals surface area contributed by atoms with Crippen molar-refractivity contribution < 1.29 is 17.9 Å². The van der Waals surface area contributed by atoms with Gasteiger partial charge in [0.05, 0.1) is 17.9 Å². The fourth-order valence-corrected chi connectivity index (χ4v) is 4.21. The number of fused-ring (bicyclic) bond motifs is 3. The van der Waals surface area contributed by atoms with Crippen LogP contribution >= 0.6 is 0 Å². The fourth-order valence-electron chi connectivity index (χ4n) is 4.21. The van der Waals surface area contributed by atoms with Crippen molar-refractivity contribution in [1.29, 1.82) is 0 Å². The zero-order chi connectivity index (χ0) is 20.7. The summed E-state index contributed by atoms with van der Waals surface area (Å²) in [5, 5.41) is 8.69. The maximum Gasteiger partial charge on any atom is 0.416 e. The number of nitrogens with zero attached hydrogens (tertiary/aromatic N) is 5. The number of pyridine rings is 1. The van der Waals surface area contributed by atoms with Gasteiger partial charge in [0.1, 0.15) is 18.2 Å². The summed E-state index contributed by atoms with van der Waals surface area (Å²) in [6.45, 7) is 2.00. The highest BCUT2D eigenvalue weighted by molar-refractivity contribution is 5.47. The largest absolute Gasteiger partial charge is 0.416 e. The lowest BCUT2D eigenvalue weighted by molar-refractivity contribution is -0.137.